The SMILES string of the molecule is Cc1ccccc1N1CCN(C(C)Nc2ccccn2)CC1. The zero-order valence-corrected chi connectivity index (χ0v) is 13.4. The summed E-state index contributed by atoms with van der Waals surface area (Å²) in [5.74, 6) is 0.941. The van der Waals surface area contributed by atoms with Gasteiger partial charge in [0, 0.05) is 38.1 Å². The average molecular weight is 296 g/mol. The number of nitrogens with one attached hydrogen (secondary N) is 1. The predicted molar refractivity (Wildman–Crippen MR) is 92.3 cm³/mol. The topological polar surface area (TPSA) is 31.4 Å². The summed E-state index contributed by atoms with van der Waals surface area (Å²) in [4.78, 5) is 9.30. The second-order valence-corrected chi connectivity index (χ2v) is 5.84. The van der Waals surface area contributed by atoms with E-state index in [0.717, 1.165) is 32.0 Å². The van der Waals surface area contributed by atoms with Gasteiger partial charge in [-0.15, -0.1) is 0 Å². The molecule has 1 unspecified atom stereocenters. The number of benzene rings is 1. The van der Waals surface area contributed by atoms with Crippen LogP contribution in [0.15, 0.2) is 48.7 Å². The normalized spacial score (nSPS) is 17.3. The molecule has 1 aliphatic heterocycles. The number of para-hydroxylation sites is 1. The Hall–Kier alpha value is -2.07. The van der Waals surface area contributed by atoms with E-state index in [-0.39, 0.29) is 0 Å². The van der Waals surface area contributed by atoms with Crippen molar-refractivity contribution >= 4 is 11.5 Å². The van der Waals surface area contributed by atoms with Crippen molar-refractivity contribution in [1.82, 2.24) is 9.88 Å². The first kappa shape index (κ1) is 14.9. The predicted octanol–water partition coefficient (Wildman–Crippen LogP) is 2.97. The average Bonchev–Trinajstić information content (AvgIpc) is 2.56. The van der Waals surface area contributed by atoms with E-state index in [1.54, 1.807) is 0 Å². The molecule has 1 atom stereocenters. The molecular formula is C18H24N4. The van der Waals surface area contributed by atoms with Gasteiger partial charge in [0.25, 0.3) is 0 Å². The number of aromatic nitrogens is 1. The van der Waals surface area contributed by atoms with Crippen LogP contribution in [0.5, 0.6) is 0 Å². The number of nitrogens with zero attached hydrogens (tertiary/aromatic N) is 3. The number of anilines is 2. The lowest BCUT2D eigenvalue weighted by atomic mass is 10.1. The number of pyridine rings is 1. The largest absolute Gasteiger partial charge is 0.369 e. The van der Waals surface area contributed by atoms with E-state index in [0.29, 0.717) is 6.17 Å². The Morgan fingerprint density at radius 2 is 1.73 bits per heavy atom. The molecule has 2 aromatic rings. The van der Waals surface area contributed by atoms with E-state index < -0.39 is 0 Å². The minimum atomic E-state index is 0.300. The molecule has 0 saturated carbocycles. The van der Waals surface area contributed by atoms with Gasteiger partial charge < -0.3 is 10.2 Å². The lowest BCUT2D eigenvalue weighted by Gasteiger charge is -2.39. The Labute approximate surface area is 132 Å². The van der Waals surface area contributed by atoms with Crippen LogP contribution in [0.3, 0.4) is 0 Å². The third kappa shape index (κ3) is 3.39. The lowest BCUT2D eigenvalue weighted by Crippen LogP contribution is -2.51. The Morgan fingerprint density at radius 1 is 1.00 bits per heavy atom. The van der Waals surface area contributed by atoms with Gasteiger partial charge in [0.15, 0.2) is 0 Å². The highest BCUT2D eigenvalue weighted by Gasteiger charge is 2.21. The fourth-order valence-corrected chi connectivity index (χ4v) is 3.02. The summed E-state index contributed by atoms with van der Waals surface area (Å²) in [6.45, 7) is 8.66. The van der Waals surface area contributed by atoms with Gasteiger partial charge in [0.1, 0.15) is 5.82 Å². The van der Waals surface area contributed by atoms with Crippen LogP contribution in [-0.4, -0.2) is 42.2 Å². The van der Waals surface area contributed by atoms with Crippen molar-refractivity contribution in [3.8, 4) is 0 Å². The van der Waals surface area contributed by atoms with Gasteiger partial charge in [-0.1, -0.05) is 24.3 Å². The van der Waals surface area contributed by atoms with Crippen molar-refractivity contribution < 1.29 is 0 Å². The molecule has 22 heavy (non-hydrogen) atoms. The molecule has 0 aliphatic carbocycles. The highest BCUT2D eigenvalue weighted by Crippen LogP contribution is 2.21. The molecule has 1 aromatic heterocycles. The van der Waals surface area contributed by atoms with Gasteiger partial charge in [-0.25, -0.2) is 4.98 Å². The van der Waals surface area contributed by atoms with E-state index in [1.165, 1.54) is 11.3 Å². The smallest absolute Gasteiger partial charge is 0.127 e. The summed E-state index contributed by atoms with van der Waals surface area (Å²) in [5, 5.41) is 3.47. The fraction of sp³-hybridized carbons (Fsp3) is 0.389. The first-order valence-electron chi connectivity index (χ1n) is 7.96. The molecule has 4 nitrogen and oxygen atoms in total. The molecule has 1 aromatic carbocycles. The van der Waals surface area contributed by atoms with Gasteiger partial charge in [-0.05, 0) is 37.6 Å². The number of piperazine rings is 1. The highest BCUT2D eigenvalue weighted by atomic mass is 15.3. The van der Waals surface area contributed by atoms with Gasteiger partial charge in [0.2, 0.25) is 0 Å². The molecule has 116 valence electrons. The van der Waals surface area contributed by atoms with E-state index in [2.05, 4.69) is 58.2 Å². The fourth-order valence-electron chi connectivity index (χ4n) is 3.02. The minimum absolute atomic E-state index is 0.300. The lowest BCUT2D eigenvalue weighted by molar-refractivity contribution is 0.214. The van der Waals surface area contributed by atoms with E-state index >= 15 is 0 Å². The van der Waals surface area contributed by atoms with Crippen LogP contribution < -0.4 is 10.2 Å². The zero-order chi connectivity index (χ0) is 15.4. The second kappa shape index (κ2) is 6.79. The summed E-state index contributed by atoms with van der Waals surface area (Å²) in [6.07, 6.45) is 2.12. The van der Waals surface area contributed by atoms with Crippen molar-refractivity contribution in [1.29, 1.82) is 0 Å². The third-order valence-corrected chi connectivity index (χ3v) is 4.34. The Bertz CT molecular complexity index is 591. The minimum Gasteiger partial charge on any atom is -0.369 e. The molecule has 0 amide bonds. The molecule has 0 bridgehead atoms. The molecule has 3 rings (SSSR count). The quantitative estimate of drug-likeness (QED) is 0.940. The number of rotatable bonds is 4. The van der Waals surface area contributed by atoms with Crippen LogP contribution in [0, 0.1) is 6.92 Å². The zero-order valence-electron chi connectivity index (χ0n) is 13.4. The van der Waals surface area contributed by atoms with Gasteiger partial charge in [0.05, 0.1) is 6.17 Å². The van der Waals surface area contributed by atoms with Crippen LogP contribution in [-0.2, 0) is 0 Å². The second-order valence-electron chi connectivity index (χ2n) is 5.84. The molecule has 1 aliphatic rings. The molecule has 1 fully saturated rings. The highest BCUT2D eigenvalue weighted by molar-refractivity contribution is 5.53. The van der Waals surface area contributed by atoms with Crippen LogP contribution >= 0.6 is 0 Å². The van der Waals surface area contributed by atoms with Gasteiger partial charge >= 0.3 is 0 Å². The van der Waals surface area contributed by atoms with E-state index in [4.69, 9.17) is 0 Å². The van der Waals surface area contributed by atoms with Gasteiger partial charge in [-0.2, -0.15) is 0 Å². The van der Waals surface area contributed by atoms with Crippen molar-refractivity contribution in [2.45, 2.75) is 20.0 Å². The summed E-state index contributed by atoms with van der Waals surface area (Å²) in [7, 11) is 0. The molecule has 1 N–H and O–H groups in total. The third-order valence-electron chi connectivity index (χ3n) is 4.34. The molecule has 2 heterocycles. The maximum atomic E-state index is 4.34. The summed E-state index contributed by atoms with van der Waals surface area (Å²) >= 11 is 0. The van der Waals surface area contributed by atoms with E-state index in [9.17, 15) is 0 Å². The van der Waals surface area contributed by atoms with Crippen LogP contribution in [0.1, 0.15) is 12.5 Å². The summed E-state index contributed by atoms with van der Waals surface area (Å²) in [6, 6.07) is 14.6. The number of aryl methyl sites for hydroxylation is 1. The number of hydrogen-bond acceptors (Lipinski definition) is 4. The van der Waals surface area contributed by atoms with Crippen molar-refractivity contribution in [3.63, 3.8) is 0 Å². The summed E-state index contributed by atoms with van der Waals surface area (Å²) in [5.41, 5.74) is 2.73. The monoisotopic (exact) mass is 296 g/mol. The molecule has 4 heteroatoms. The Morgan fingerprint density at radius 3 is 2.41 bits per heavy atom. The van der Waals surface area contributed by atoms with Crippen LogP contribution in [0.25, 0.3) is 0 Å². The molecule has 1 saturated heterocycles. The molecule has 0 spiro atoms. The molecule has 0 radical (unpaired) electrons. The van der Waals surface area contributed by atoms with E-state index in [1.807, 2.05) is 24.4 Å². The van der Waals surface area contributed by atoms with Crippen LogP contribution in [0.2, 0.25) is 0 Å². The van der Waals surface area contributed by atoms with Crippen molar-refractivity contribution in [2.24, 2.45) is 0 Å². The van der Waals surface area contributed by atoms with Gasteiger partial charge in [-0.3, -0.25) is 4.90 Å². The Kier molecular flexibility index (Phi) is 4.59. The van der Waals surface area contributed by atoms with Crippen molar-refractivity contribution in [3.05, 3.63) is 54.2 Å². The summed E-state index contributed by atoms with van der Waals surface area (Å²) < 4.78 is 0. The number of hydrogen-bond donors (Lipinski definition) is 1. The van der Waals surface area contributed by atoms with Crippen molar-refractivity contribution in [2.75, 3.05) is 36.4 Å². The molecular weight excluding hydrogens is 272 g/mol. The first-order valence-corrected chi connectivity index (χ1v) is 7.96. The maximum Gasteiger partial charge on any atom is 0.127 e. The van der Waals surface area contributed by atoms with Crippen LogP contribution in [0.4, 0.5) is 11.5 Å². The first-order chi connectivity index (χ1) is 10.7. The maximum absolute atomic E-state index is 4.34. The standard InChI is InChI=1S/C18H24N4/c1-15-7-3-4-8-17(15)22-13-11-21(12-14-22)16(2)20-18-9-5-6-10-19-18/h3-10,16H,11-14H2,1-2H3,(H,19,20). The Balaban J connectivity index is 1.56.